The first kappa shape index (κ1) is 22.4. The number of pyridine rings is 1. The van der Waals surface area contributed by atoms with Crippen LogP contribution in [0.1, 0.15) is 51.6 Å². The second kappa shape index (κ2) is 8.15. The van der Waals surface area contributed by atoms with Crippen molar-refractivity contribution in [3.63, 3.8) is 0 Å². The summed E-state index contributed by atoms with van der Waals surface area (Å²) in [6.45, 7) is 9.36. The van der Waals surface area contributed by atoms with E-state index in [9.17, 15) is 14.7 Å². The van der Waals surface area contributed by atoms with Gasteiger partial charge in [0.2, 0.25) is 5.91 Å². The van der Waals surface area contributed by atoms with Crippen LogP contribution in [0.4, 0.5) is 10.6 Å². The minimum atomic E-state index is -1.17. The number of carbonyl (C=O) groups is 2. The van der Waals surface area contributed by atoms with Gasteiger partial charge in [-0.1, -0.05) is 6.07 Å². The van der Waals surface area contributed by atoms with E-state index >= 15 is 0 Å². The average molecular weight is 457 g/mol. The maximum atomic E-state index is 13.5. The second-order valence-electron chi connectivity index (χ2n) is 11.2. The predicted octanol–water partition coefficient (Wildman–Crippen LogP) is 3.05. The Morgan fingerprint density at radius 1 is 1.12 bits per heavy atom. The Hall–Kier alpha value is -2.35. The number of carbonyl (C=O) groups excluding carboxylic acids is 1. The Morgan fingerprint density at radius 2 is 1.79 bits per heavy atom. The molecule has 1 saturated heterocycles. The zero-order valence-electron chi connectivity index (χ0n) is 19.9. The minimum Gasteiger partial charge on any atom is -0.450 e. The molecular weight excluding hydrogens is 420 g/mol. The van der Waals surface area contributed by atoms with Crippen LogP contribution >= 0.6 is 0 Å². The molecule has 0 spiro atoms. The minimum absolute atomic E-state index is 0.0790. The van der Waals surface area contributed by atoms with Gasteiger partial charge in [0.1, 0.15) is 11.4 Å². The summed E-state index contributed by atoms with van der Waals surface area (Å²) >= 11 is 0. The van der Waals surface area contributed by atoms with Gasteiger partial charge in [0.25, 0.3) is 0 Å². The molecule has 2 N–H and O–H groups in total. The number of amides is 1. The molecule has 8 nitrogen and oxygen atoms in total. The number of ether oxygens (including phenoxy) is 1. The van der Waals surface area contributed by atoms with Crippen LogP contribution < -0.4 is 10.2 Å². The van der Waals surface area contributed by atoms with Crippen molar-refractivity contribution in [2.45, 2.75) is 70.1 Å². The summed E-state index contributed by atoms with van der Waals surface area (Å²) < 4.78 is 5.41. The van der Waals surface area contributed by atoms with Crippen molar-refractivity contribution >= 4 is 17.9 Å². The van der Waals surface area contributed by atoms with Crippen LogP contribution in [0.25, 0.3) is 0 Å². The number of hydrogen-bond acceptors (Lipinski definition) is 6. The highest BCUT2D eigenvalue weighted by molar-refractivity contribution is 5.85. The topological polar surface area (TPSA) is 95.0 Å². The molecule has 6 rings (SSSR count). The maximum absolute atomic E-state index is 13.5. The van der Waals surface area contributed by atoms with Gasteiger partial charge < -0.3 is 20.1 Å². The Labute approximate surface area is 195 Å². The van der Waals surface area contributed by atoms with E-state index in [1.54, 1.807) is 0 Å². The number of piperazine rings is 1. The maximum Gasteiger partial charge on any atom is 0.506 e. The third kappa shape index (κ3) is 4.18. The number of aryl methyl sites for hydroxylation is 1. The zero-order valence-corrected chi connectivity index (χ0v) is 19.9. The second-order valence-corrected chi connectivity index (χ2v) is 11.2. The summed E-state index contributed by atoms with van der Waals surface area (Å²) in [5.41, 5.74) is -0.115. The summed E-state index contributed by atoms with van der Waals surface area (Å²) in [5.74, 6) is 2.21. The van der Waals surface area contributed by atoms with Gasteiger partial charge in [0.15, 0.2) is 0 Å². The molecule has 2 atom stereocenters. The van der Waals surface area contributed by atoms with Gasteiger partial charge in [-0.15, -0.1) is 0 Å². The molecule has 4 saturated carbocycles. The van der Waals surface area contributed by atoms with Gasteiger partial charge in [-0.3, -0.25) is 9.69 Å². The lowest BCUT2D eigenvalue weighted by Gasteiger charge is -2.59. The highest BCUT2D eigenvalue weighted by Crippen LogP contribution is 2.57. The van der Waals surface area contributed by atoms with Crippen LogP contribution in [0, 0.1) is 24.7 Å². The summed E-state index contributed by atoms with van der Waals surface area (Å²) in [4.78, 5) is 34.0. The van der Waals surface area contributed by atoms with E-state index in [0.717, 1.165) is 69.8 Å². The van der Waals surface area contributed by atoms with Crippen molar-refractivity contribution in [3.05, 3.63) is 23.9 Å². The molecule has 4 aliphatic carbocycles. The highest BCUT2D eigenvalue weighted by atomic mass is 16.7. The summed E-state index contributed by atoms with van der Waals surface area (Å²) in [6.07, 6.45) is 3.28. The van der Waals surface area contributed by atoms with Crippen molar-refractivity contribution < 1.29 is 19.4 Å². The molecule has 180 valence electrons. The SMILES string of the molecule is Cc1cccc(N2CCN(C(C)(C)C(=O)NC3C4CC5CC3CC(OC(=O)O)(C5)C4)CC2)n1. The lowest BCUT2D eigenvalue weighted by atomic mass is 9.52. The third-order valence-corrected chi connectivity index (χ3v) is 8.64. The molecule has 1 aromatic heterocycles. The van der Waals surface area contributed by atoms with E-state index in [4.69, 9.17) is 4.74 Å². The molecule has 4 bridgehead atoms. The van der Waals surface area contributed by atoms with Crippen LogP contribution in [0.15, 0.2) is 18.2 Å². The van der Waals surface area contributed by atoms with E-state index in [-0.39, 0.29) is 11.9 Å². The normalized spacial score (nSPS) is 33.7. The number of rotatable bonds is 5. The van der Waals surface area contributed by atoms with Crippen molar-refractivity contribution in [2.24, 2.45) is 17.8 Å². The largest absolute Gasteiger partial charge is 0.506 e. The van der Waals surface area contributed by atoms with Crippen LogP contribution in [0.3, 0.4) is 0 Å². The number of anilines is 1. The van der Waals surface area contributed by atoms with Crippen LogP contribution in [-0.2, 0) is 9.53 Å². The van der Waals surface area contributed by atoms with Crippen molar-refractivity contribution in [3.8, 4) is 0 Å². The molecule has 33 heavy (non-hydrogen) atoms. The molecule has 1 aliphatic heterocycles. The van der Waals surface area contributed by atoms with Crippen molar-refractivity contribution in [1.82, 2.24) is 15.2 Å². The van der Waals surface area contributed by atoms with Crippen molar-refractivity contribution in [2.75, 3.05) is 31.1 Å². The molecule has 1 amide bonds. The van der Waals surface area contributed by atoms with Gasteiger partial charge in [0, 0.05) is 37.9 Å². The van der Waals surface area contributed by atoms with E-state index in [2.05, 4.69) is 20.1 Å². The number of nitrogens with one attached hydrogen (secondary N) is 1. The molecule has 0 radical (unpaired) electrons. The highest BCUT2D eigenvalue weighted by Gasteiger charge is 2.58. The molecule has 1 aromatic rings. The summed E-state index contributed by atoms with van der Waals surface area (Å²) in [6, 6.07) is 6.22. The molecular formula is C25H36N4O4. The smallest absolute Gasteiger partial charge is 0.450 e. The lowest BCUT2D eigenvalue weighted by molar-refractivity contribution is -0.157. The molecule has 2 heterocycles. The van der Waals surface area contributed by atoms with Crippen molar-refractivity contribution in [1.29, 1.82) is 0 Å². The lowest BCUT2D eigenvalue weighted by Crippen LogP contribution is -2.66. The first-order chi connectivity index (χ1) is 15.6. The number of aromatic nitrogens is 1. The molecule has 2 unspecified atom stereocenters. The molecule has 5 aliphatic rings. The van der Waals surface area contributed by atoms with Crippen LogP contribution in [-0.4, -0.2) is 70.4 Å². The monoisotopic (exact) mass is 456 g/mol. The fourth-order valence-corrected chi connectivity index (χ4v) is 7.17. The Bertz CT molecular complexity index is 911. The first-order valence-corrected chi connectivity index (χ1v) is 12.3. The van der Waals surface area contributed by atoms with E-state index in [0.29, 0.717) is 17.8 Å². The quantitative estimate of drug-likeness (QED) is 0.658. The van der Waals surface area contributed by atoms with Gasteiger partial charge in [-0.05, 0) is 82.8 Å². The van der Waals surface area contributed by atoms with Gasteiger partial charge >= 0.3 is 6.16 Å². The fraction of sp³-hybridized carbons (Fsp3) is 0.720. The molecule has 5 fully saturated rings. The van der Waals surface area contributed by atoms with E-state index < -0.39 is 17.3 Å². The van der Waals surface area contributed by atoms with Gasteiger partial charge in [-0.25, -0.2) is 9.78 Å². The fourth-order valence-electron chi connectivity index (χ4n) is 7.17. The molecule has 0 aromatic carbocycles. The predicted molar refractivity (Wildman–Crippen MR) is 124 cm³/mol. The van der Waals surface area contributed by atoms with E-state index in [1.165, 1.54) is 0 Å². The first-order valence-electron chi connectivity index (χ1n) is 12.3. The summed E-state index contributed by atoms with van der Waals surface area (Å²) in [5, 5.41) is 12.6. The standard InChI is InChI=1S/C25H36N4O4/c1-16-5-4-6-20(26-16)28-7-9-29(10-8-28)24(2,3)22(30)27-21-18-11-17-12-19(21)15-25(13-17,14-18)33-23(31)32/h4-6,17-19,21H,7-15H2,1-3H3,(H,27,30)(H,31,32). The van der Waals surface area contributed by atoms with Crippen LogP contribution in [0.5, 0.6) is 0 Å². The Kier molecular flexibility index (Phi) is 5.54. The summed E-state index contributed by atoms with van der Waals surface area (Å²) in [7, 11) is 0. The number of nitrogens with zero attached hydrogens (tertiary/aromatic N) is 3. The third-order valence-electron chi connectivity index (χ3n) is 8.64. The van der Waals surface area contributed by atoms with Gasteiger partial charge in [-0.2, -0.15) is 0 Å². The van der Waals surface area contributed by atoms with Gasteiger partial charge in [0.05, 0.1) is 5.54 Å². The van der Waals surface area contributed by atoms with E-state index in [1.807, 2.05) is 39.0 Å². The molecule has 8 heteroatoms. The average Bonchev–Trinajstić information content (AvgIpc) is 2.75. The number of carboxylic acid groups (broad SMARTS) is 1. The Balaban J connectivity index is 1.21. The zero-order chi connectivity index (χ0) is 23.4. The Morgan fingerprint density at radius 3 is 2.39 bits per heavy atom. The number of hydrogen-bond donors (Lipinski definition) is 2. The van der Waals surface area contributed by atoms with Crippen LogP contribution in [0.2, 0.25) is 0 Å².